The number of aromatic nitrogens is 1. The van der Waals surface area contributed by atoms with E-state index in [0.29, 0.717) is 6.04 Å². The van der Waals surface area contributed by atoms with E-state index in [2.05, 4.69) is 10.3 Å². The Morgan fingerprint density at radius 3 is 3.15 bits per heavy atom. The van der Waals surface area contributed by atoms with Gasteiger partial charge in [-0.2, -0.15) is 0 Å². The number of H-pyrrole nitrogens is 1. The fraction of sp³-hybridized carbons (Fsp3) is 0.500. The number of aromatic amines is 1. The predicted octanol–water partition coefficient (Wildman–Crippen LogP) is 0.972. The van der Waals surface area contributed by atoms with Gasteiger partial charge in [-0.25, -0.2) is 0 Å². The molecule has 0 unspecified atom stereocenters. The average Bonchev–Trinajstić information content (AvgIpc) is 2.16. The van der Waals surface area contributed by atoms with E-state index < -0.39 is 0 Å². The van der Waals surface area contributed by atoms with Crippen molar-refractivity contribution in [2.45, 2.75) is 25.3 Å². The van der Waals surface area contributed by atoms with Gasteiger partial charge in [-0.1, -0.05) is 6.07 Å². The second-order valence-corrected chi connectivity index (χ2v) is 3.49. The van der Waals surface area contributed by atoms with Crippen molar-refractivity contribution in [2.24, 2.45) is 0 Å². The Labute approximate surface area is 77.2 Å². The molecule has 3 heteroatoms. The third-order valence-electron chi connectivity index (χ3n) is 2.68. The largest absolute Gasteiger partial charge is 0.326 e. The first-order valence-corrected chi connectivity index (χ1v) is 4.70. The first-order valence-electron chi connectivity index (χ1n) is 4.70. The van der Waals surface area contributed by atoms with Gasteiger partial charge in [0, 0.05) is 17.8 Å². The van der Waals surface area contributed by atoms with E-state index in [4.69, 9.17) is 0 Å². The van der Waals surface area contributed by atoms with E-state index in [1.54, 1.807) is 6.07 Å². The van der Waals surface area contributed by atoms with Crippen LogP contribution in [0, 0.1) is 0 Å². The molecular formula is C10H14N2O. The predicted molar refractivity (Wildman–Crippen MR) is 51.8 cm³/mol. The standard InChI is InChI=1S/C10H14N2O/c1-11-8-3-2-4-9-7(8)5-6-10(13)12-9/h5-6,8,11H,2-4H2,1H3,(H,12,13)/t8-/m1/s1. The normalized spacial score (nSPS) is 21.2. The lowest BCUT2D eigenvalue weighted by atomic mass is 9.91. The molecule has 0 aliphatic heterocycles. The molecule has 0 spiro atoms. The lowest BCUT2D eigenvalue weighted by Gasteiger charge is -2.24. The van der Waals surface area contributed by atoms with E-state index in [9.17, 15) is 4.79 Å². The molecule has 3 nitrogen and oxygen atoms in total. The fourth-order valence-corrected chi connectivity index (χ4v) is 2.00. The van der Waals surface area contributed by atoms with Gasteiger partial charge in [0.2, 0.25) is 5.56 Å². The second kappa shape index (κ2) is 3.34. The van der Waals surface area contributed by atoms with Crippen LogP contribution in [0.3, 0.4) is 0 Å². The summed E-state index contributed by atoms with van der Waals surface area (Å²) in [5.74, 6) is 0. The topological polar surface area (TPSA) is 44.9 Å². The van der Waals surface area contributed by atoms with Gasteiger partial charge in [0.05, 0.1) is 0 Å². The quantitative estimate of drug-likeness (QED) is 0.673. The van der Waals surface area contributed by atoms with E-state index in [0.717, 1.165) is 25.0 Å². The van der Waals surface area contributed by atoms with Gasteiger partial charge < -0.3 is 10.3 Å². The number of fused-ring (bicyclic) bond motifs is 1. The third-order valence-corrected chi connectivity index (χ3v) is 2.68. The maximum absolute atomic E-state index is 11.1. The van der Waals surface area contributed by atoms with Crippen LogP contribution in [0.25, 0.3) is 0 Å². The molecule has 0 fully saturated rings. The van der Waals surface area contributed by atoms with Crippen molar-refractivity contribution < 1.29 is 0 Å². The highest BCUT2D eigenvalue weighted by Crippen LogP contribution is 2.26. The van der Waals surface area contributed by atoms with Gasteiger partial charge in [-0.3, -0.25) is 4.79 Å². The molecule has 2 rings (SSSR count). The number of hydrogen-bond acceptors (Lipinski definition) is 2. The maximum Gasteiger partial charge on any atom is 0.248 e. The van der Waals surface area contributed by atoms with Gasteiger partial charge >= 0.3 is 0 Å². The van der Waals surface area contributed by atoms with Gasteiger partial charge in [0.25, 0.3) is 0 Å². The molecule has 70 valence electrons. The molecule has 0 aromatic carbocycles. The summed E-state index contributed by atoms with van der Waals surface area (Å²) in [7, 11) is 1.96. The Bertz CT molecular complexity index is 356. The highest BCUT2D eigenvalue weighted by molar-refractivity contribution is 5.25. The monoisotopic (exact) mass is 178 g/mol. The molecule has 1 aromatic rings. The van der Waals surface area contributed by atoms with Crippen molar-refractivity contribution in [2.75, 3.05) is 7.05 Å². The minimum Gasteiger partial charge on any atom is -0.326 e. The van der Waals surface area contributed by atoms with E-state index in [1.165, 1.54) is 5.56 Å². The van der Waals surface area contributed by atoms with Crippen LogP contribution in [0.4, 0.5) is 0 Å². The Morgan fingerprint density at radius 1 is 1.54 bits per heavy atom. The molecule has 1 aliphatic carbocycles. The van der Waals surface area contributed by atoms with Crippen LogP contribution >= 0.6 is 0 Å². The third kappa shape index (κ3) is 1.52. The lowest BCUT2D eigenvalue weighted by Crippen LogP contribution is -2.24. The molecule has 13 heavy (non-hydrogen) atoms. The van der Waals surface area contributed by atoms with Gasteiger partial charge in [0.1, 0.15) is 0 Å². The molecule has 1 heterocycles. The summed E-state index contributed by atoms with van der Waals surface area (Å²) in [6, 6.07) is 3.96. The van der Waals surface area contributed by atoms with Gasteiger partial charge in [0.15, 0.2) is 0 Å². The van der Waals surface area contributed by atoms with E-state index in [-0.39, 0.29) is 5.56 Å². The first-order chi connectivity index (χ1) is 6.31. The summed E-state index contributed by atoms with van der Waals surface area (Å²) in [6.45, 7) is 0. The molecule has 1 aromatic heterocycles. The van der Waals surface area contributed by atoms with Crippen LogP contribution < -0.4 is 10.9 Å². The Morgan fingerprint density at radius 2 is 2.38 bits per heavy atom. The molecule has 2 N–H and O–H groups in total. The van der Waals surface area contributed by atoms with Crippen molar-refractivity contribution in [3.8, 4) is 0 Å². The summed E-state index contributed by atoms with van der Waals surface area (Å²) < 4.78 is 0. The highest BCUT2D eigenvalue weighted by atomic mass is 16.1. The van der Waals surface area contributed by atoms with Crippen LogP contribution in [-0.4, -0.2) is 12.0 Å². The zero-order valence-electron chi connectivity index (χ0n) is 7.76. The number of aryl methyl sites for hydroxylation is 1. The molecule has 0 radical (unpaired) electrons. The van der Waals surface area contributed by atoms with Gasteiger partial charge in [-0.15, -0.1) is 0 Å². The number of hydrogen-bond donors (Lipinski definition) is 2. The summed E-state index contributed by atoms with van der Waals surface area (Å²) in [5.41, 5.74) is 2.38. The smallest absolute Gasteiger partial charge is 0.248 e. The lowest BCUT2D eigenvalue weighted by molar-refractivity contribution is 0.489. The first kappa shape index (κ1) is 8.51. The molecule has 0 bridgehead atoms. The molecule has 1 aliphatic rings. The minimum absolute atomic E-state index is 0.00973. The molecule has 0 saturated carbocycles. The van der Waals surface area contributed by atoms with E-state index in [1.807, 2.05) is 13.1 Å². The Kier molecular flexibility index (Phi) is 2.19. The summed E-state index contributed by atoms with van der Waals surface area (Å²) in [4.78, 5) is 14.0. The van der Waals surface area contributed by atoms with Crippen LogP contribution in [0.15, 0.2) is 16.9 Å². The van der Waals surface area contributed by atoms with Crippen molar-refractivity contribution in [1.82, 2.24) is 10.3 Å². The molecule has 0 amide bonds. The average molecular weight is 178 g/mol. The number of pyridine rings is 1. The van der Waals surface area contributed by atoms with Crippen LogP contribution in [0.1, 0.15) is 30.1 Å². The summed E-state index contributed by atoms with van der Waals surface area (Å²) in [5, 5.41) is 3.26. The molecule has 1 atom stereocenters. The van der Waals surface area contributed by atoms with Crippen LogP contribution in [0.2, 0.25) is 0 Å². The fourth-order valence-electron chi connectivity index (χ4n) is 2.00. The summed E-state index contributed by atoms with van der Waals surface area (Å²) in [6.07, 6.45) is 3.32. The Balaban J connectivity index is 2.46. The highest BCUT2D eigenvalue weighted by Gasteiger charge is 2.18. The van der Waals surface area contributed by atoms with Crippen LogP contribution in [-0.2, 0) is 6.42 Å². The van der Waals surface area contributed by atoms with Crippen molar-refractivity contribution >= 4 is 0 Å². The van der Waals surface area contributed by atoms with Crippen molar-refractivity contribution in [1.29, 1.82) is 0 Å². The van der Waals surface area contributed by atoms with Crippen LogP contribution in [0.5, 0.6) is 0 Å². The number of nitrogens with one attached hydrogen (secondary N) is 2. The minimum atomic E-state index is 0.00973. The zero-order valence-corrected chi connectivity index (χ0v) is 7.76. The Hall–Kier alpha value is -1.09. The molecular weight excluding hydrogens is 164 g/mol. The SMILES string of the molecule is CN[C@@H]1CCCc2[nH]c(=O)ccc21. The van der Waals surface area contributed by atoms with Crippen molar-refractivity contribution in [3.05, 3.63) is 33.7 Å². The summed E-state index contributed by atoms with van der Waals surface area (Å²) >= 11 is 0. The zero-order chi connectivity index (χ0) is 9.26. The van der Waals surface area contributed by atoms with Gasteiger partial charge in [-0.05, 0) is 31.9 Å². The second-order valence-electron chi connectivity index (χ2n) is 3.49. The maximum atomic E-state index is 11.1. The molecule has 0 saturated heterocycles. The van der Waals surface area contributed by atoms with Crippen molar-refractivity contribution in [3.63, 3.8) is 0 Å². The number of rotatable bonds is 1. The van der Waals surface area contributed by atoms with E-state index >= 15 is 0 Å².